The van der Waals surface area contributed by atoms with Gasteiger partial charge >= 0.3 is 5.69 Å². The van der Waals surface area contributed by atoms with E-state index in [1.807, 2.05) is 0 Å². The van der Waals surface area contributed by atoms with Gasteiger partial charge in [0.2, 0.25) is 12.2 Å². The molecule has 1 atom stereocenters. The van der Waals surface area contributed by atoms with Gasteiger partial charge in [-0.25, -0.2) is 0 Å². The molecule has 1 aliphatic rings. The van der Waals surface area contributed by atoms with E-state index in [4.69, 9.17) is 0 Å². The molecule has 0 aromatic heterocycles. The Morgan fingerprint density at radius 2 is 2.07 bits per heavy atom. The first-order valence-corrected chi connectivity index (χ1v) is 8.46. The second-order valence-electron chi connectivity index (χ2n) is 6.03. The molecule has 11 heteroatoms. The third-order valence-corrected chi connectivity index (χ3v) is 4.07. The van der Waals surface area contributed by atoms with E-state index in [1.165, 1.54) is 17.0 Å². The normalized spacial score (nSPS) is 16.1. The molecule has 0 bridgehead atoms. The Hall–Kier alpha value is -3.21. The minimum atomic E-state index is -0.736. The molecule has 1 aromatic rings. The molecule has 1 aromatic carbocycles. The highest BCUT2D eigenvalue weighted by atomic mass is 16.6. The Kier molecular flexibility index (Phi) is 8.82. The summed E-state index contributed by atoms with van der Waals surface area (Å²) in [6.45, 7) is 3.65. The molecule has 11 nitrogen and oxygen atoms in total. The van der Waals surface area contributed by atoms with E-state index in [2.05, 4.69) is 4.74 Å². The van der Waals surface area contributed by atoms with Crippen molar-refractivity contribution in [3.05, 3.63) is 33.9 Å². The second-order valence-corrected chi connectivity index (χ2v) is 6.03. The van der Waals surface area contributed by atoms with Crippen LogP contribution in [-0.4, -0.2) is 90.0 Å². The number of carbonyl (C=O) groups excluding carboxylic acids is 3. The molecular formula is C17H24N4O7. The summed E-state index contributed by atoms with van der Waals surface area (Å²) in [5, 5.41) is 20.9. The highest BCUT2D eigenvalue weighted by molar-refractivity contribution is 5.98. The molecule has 28 heavy (non-hydrogen) atoms. The number of piperazine rings is 1. The number of benzene rings is 1. The fourth-order valence-corrected chi connectivity index (χ4v) is 2.63. The first kappa shape index (κ1) is 22.8. The van der Waals surface area contributed by atoms with Crippen molar-refractivity contribution in [2.45, 2.75) is 13.1 Å². The highest BCUT2D eigenvalue weighted by Crippen LogP contribution is 2.31. The van der Waals surface area contributed by atoms with Crippen molar-refractivity contribution in [1.29, 1.82) is 0 Å². The zero-order valence-corrected chi connectivity index (χ0v) is 16.0. The number of para-hydroxylation sites is 1. The number of carbonyl (C=O) groups is 3. The van der Waals surface area contributed by atoms with Gasteiger partial charge in [0, 0.05) is 19.2 Å². The Balaban J connectivity index is 0.000000696. The van der Waals surface area contributed by atoms with Gasteiger partial charge in [-0.1, -0.05) is 6.07 Å². The Labute approximate surface area is 162 Å². The number of nitro groups is 1. The van der Waals surface area contributed by atoms with Crippen molar-refractivity contribution in [2.24, 2.45) is 0 Å². The summed E-state index contributed by atoms with van der Waals surface area (Å²) in [4.78, 5) is 47.8. The van der Waals surface area contributed by atoms with Gasteiger partial charge in [0.1, 0.15) is 6.17 Å². The quantitative estimate of drug-likeness (QED) is 0.412. The number of hydrogen-bond acceptors (Lipinski definition) is 8. The zero-order valence-electron chi connectivity index (χ0n) is 16.0. The first-order valence-electron chi connectivity index (χ1n) is 8.46. The third-order valence-electron chi connectivity index (χ3n) is 4.07. The number of aromatic hydroxyl groups is 1. The van der Waals surface area contributed by atoms with Crippen molar-refractivity contribution < 1.29 is 29.2 Å². The average molecular weight is 396 g/mol. The molecule has 0 aliphatic carbocycles. The van der Waals surface area contributed by atoms with E-state index in [0.29, 0.717) is 26.2 Å². The molecule has 2 rings (SSSR count). The lowest BCUT2D eigenvalue weighted by molar-refractivity contribution is -0.385. The topological polar surface area (TPSA) is 134 Å². The number of hydrogen-bond donors (Lipinski definition) is 1. The number of phenolic OH excluding ortho intramolecular Hbond substituents is 1. The van der Waals surface area contributed by atoms with E-state index in [0.717, 1.165) is 12.5 Å². The van der Waals surface area contributed by atoms with Crippen LogP contribution in [0.15, 0.2) is 18.2 Å². The first-order chi connectivity index (χ1) is 13.3. The van der Waals surface area contributed by atoms with E-state index in [-0.39, 0.29) is 18.3 Å². The number of ether oxygens (including phenoxy) is 1. The number of phenols is 1. The van der Waals surface area contributed by atoms with Crippen LogP contribution in [0, 0.1) is 10.1 Å². The van der Waals surface area contributed by atoms with Crippen LogP contribution in [0.2, 0.25) is 0 Å². The molecule has 1 unspecified atom stereocenters. The predicted molar refractivity (Wildman–Crippen MR) is 98.6 cm³/mol. The molecule has 1 N–H and O–H groups in total. The smallest absolute Gasteiger partial charge is 0.311 e. The monoisotopic (exact) mass is 396 g/mol. The molecule has 0 saturated carbocycles. The minimum absolute atomic E-state index is 0.120. The molecular weight excluding hydrogens is 372 g/mol. The number of nitro benzene ring substituents is 1. The van der Waals surface area contributed by atoms with Gasteiger partial charge in [-0.3, -0.25) is 29.4 Å². The average Bonchev–Trinajstić information content (AvgIpc) is 2.68. The fourth-order valence-electron chi connectivity index (χ4n) is 2.63. The molecule has 2 amide bonds. The summed E-state index contributed by atoms with van der Waals surface area (Å²) >= 11 is 0. The van der Waals surface area contributed by atoms with Crippen molar-refractivity contribution in [3.63, 3.8) is 0 Å². The highest BCUT2D eigenvalue weighted by Gasteiger charge is 2.34. The summed E-state index contributed by atoms with van der Waals surface area (Å²) in [5.74, 6) is -1.15. The van der Waals surface area contributed by atoms with Crippen LogP contribution in [0.25, 0.3) is 0 Å². The fraction of sp³-hybridized carbons (Fsp3) is 0.471. The molecule has 0 spiro atoms. The lowest BCUT2D eigenvalue weighted by atomic mass is 10.1. The van der Waals surface area contributed by atoms with Crippen molar-refractivity contribution >= 4 is 24.5 Å². The molecule has 1 heterocycles. The molecule has 0 radical (unpaired) electrons. The number of nitrogens with zero attached hydrogens (tertiary/aromatic N) is 4. The Morgan fingerprint density at radius 3 is 2.54 bits per heavy atom. The van der Waals surface area contributed by atoms with E-state index >= 15 is 0 Å². The van der Waals surface area contributed by atoms with Crippen LogP contribution in [0.4, 0.5) is 5.69 Å². The van der Waals surface area contributed by atoms with Crippen molar-refractivity contribution in [2.75, 3.05) is 40.3 Å². The number of likely N-dealkylation sites (N-methyl/N-ethyl adjacent to an activating group) is 1. The Bertz CT molecular complexity index is 711. The maximum atomic E-state index is 12.7. The molecule has 1 saturated heterocycles. The van der Waals surface area contributed by atoms with Gasteiger partial charge in [0.15, 0.2) is 0 Å². The summed E-state index contributed by atoms with van der Waals surface area (Å²) < 4.78 is 4.15. The van der Waals surface area contributed by atoms with Gasteiger partial charge in [-0.05, 0) is 27.1 Å². The van der Waals surface area contributed by atoms with Crippen LogP contribution < -0.4 is 0 Å². The number of rotatable bonds is 6. The standard InChI is InChI=1S/C14H18N4O5.C3H6O2/c1-15(2)12-8-16(9-19)6-7-17(12)14(21)10-4-3-5-11(13(10)20)18(22)23;1-2-5-3-4/h3-5,9,12,20H,6-8H2,1-2H3;3H,2H2,1H3. The van der Waals surface area contributed by atoms with Gasteiger partial charge in [-0.15, -0.1) is 0 Å². The van der Waals surface area contributed by atoms with Crippen LogP contribution in [0.3, 0.4) is 0 Å². The molecule has 154 valence electrons. The van der Waals surface area contributed by atoms with Crippen LogP contribution >= 0.6 is 0 Å². The SMILES string of the molecule is CCOC=O.CN(C)C1CN(C=O)CCN1C(=O)c1cccc([N+](=O)[O-])c1O. The zero-order chi connectivity index (χ0) is 21.3. The maximum absolute atomic E-state index is 12.7. The largest absolute Gasteiger partial charge is 0.502 e. The number of amides is 2. The van der Waals surface area contributed by atoms with Gasteiger partial charge in [0.25, 0.3) is 12.4 Å². The summed E-state index contributed by atoms with van der Waals surface area (Å²) in [5.41, 5.74) is -0.630. The summed E-state index contributed by atoms with van der Waals surface area (Å²) in [6.07, 6.45) is 0.350. The second kappa shape index (κ2) is 10.8. The van der Waals surface area contributed by atoms with Crippen LogP contribution in [0.1, 0.15) is 17.3 Å². The third kappa shape index (κ3) is 5.64. The van der Waals surface area contributed by atoms with Crippen molar-refractivity contribution in [1.82, 2.24) is 14.7 Å². The minimum Gasteiger partial charge on any atom is -0.502 e. The Morgan fingerprint density at radius 1 is 1.39 bits per heavy atom. The van der Waals surface area contributed by atoms with Gasteiger partial charge < -0.3 is 19.6 Å². The van der Waals surface area contributed by atoms with E-state index in [9.17, 15) is 29.6 Å². The van der Waals surface area contributed by atoms with Crippen LogP contribution in [-0.2, 0) is 14.3 Å². The van der Waals surface area contributed by atoms with E-state index < -0.39 is 22.3 Å². The summed E-state index contributed by atoms with van der Waals surface area (Å²) in [7, 11) is 3.54. The lowest BCUT2D eigenvalue weighted by Gasteiger charge is -2.43. The summed E-state index contributed by atoms with van der Waals surface area (Å²) in [6, 6.07) is 3.85. The predicted octanol–water partition coefficient (Wildman–Crippen LogP) is 0.282. The van der Waals surface area contributed by atoms with Crippen molar-refractivity contribution in [3.8, 4) is 5.75 Å². The van der Waals surface area contributed by atoms with Crippen LogP contribution in [0.5, 0.6) is 5.75 Å². The lowest BCUT2D eigenvalue weighted by Crippen LogP contribution is -2.59. The van der Waals surface area contributed by atoms with E-state index in [1.54, 1.807) is 30.8 Å². The molecule has 1 aliphatic heterocycles. The molecule has 1 fully saturated rings. The maximum Gasteiger partial charge on any atom is 0.311 e. The van der Waals surface area contributed by atoms with Gasteiger partial charge in [-0.2, -0.15) is 0 Å². The van der Waals surface area contributed by atoms with Gasteiger partial charge in [0.05, 0.1) is 23.6 Å².